The molecule has 150 valence electrons. The van der Waals surface area contributed by atoms with Gasteiger partial charge in [0.15, 0.2) is 0 Å². The summed E-state index contributed by atoms with van der Waals surface area (Å²) in [7, 11) is -3.28. The predicted molar refractivity (Wildman–Crippen MR) is 108 cm³/mol. The van der Waals surface area contributed by atoms with Gasteiger partial charge in [-0.05, 0) is 58.4 Å². The molecule has 1 saturated heterocycles. The fraction of sp³-hybridized carbons (Fsp3) is 0.421. The van der Waals surface area contributed by atoms with E-state index in [0.29, 0.717) is 11.2 Å². The van der Waals surface area contributed by atoms with Crippen molar-refractivity contribution in [2.45, 2.75) is 50.7 Å². The largest absolute Gasteiger partial charge is 0.496 e. The van der Waals surface area contributed by atoms with Gasteiger partial charge in [-0.15, -0.1) is 0 Å². The summed E-state index contributed by atoms with van der Waals surface area (Å²) in [6.45, 7) is 9.61. The van der Waals surface area contributed by atoms with Crippen molar-refractivity contribution in [1.82, 2.24) is 4.98 Å². The van der Waals surface area contributed by atoms with Gasteiger partial charge in [0, 0.05) is 17.3 Å². The molecule has 0 spiro atoms. The quantitative estimate of drug-likeness (QED) is 0.771. The summed E-state index contributed by atoms with van der Waals surface area (Å²) < 4.78 is 45.8. The molecule has 28 heavy (non-hydrogen) atoms. The number of rotatable bonds is 5. The average Bonchev–Trinajstić information content (AvgIpc) is 2.81. The fourth-order valence-corrected chi connectivity index (χ4v) is 4.02. The molecule has 2 heterocycles. The number of hydrogen-bond donors (Lipinski definition) is 1. The topological polar surface area (TPSA) is 86.8 Å². The van der Waals surface area contributed by atoms with E-state index in [1.807, 2.05) is 40.7 Å². The summed E-state index contributed by atoms with van der Waals surface area (Å²) in [4.78, 5) is 4.08. The van der Waals surface area contributed by atoms with Crippen LogP contribution in [0.4, 0.5) is 5.69 Å². The van der Waals surface area contributed by atoms with Crippen LogP contribution in [0, 0.1) is 6.92 Å². The molecule has 0 unspecified atom stereocenters. The highest BCUT2D eigenvalue weighted by Crippen LogP contribution is 2.36. The number of anilines is 1. The first-order valence-electron chi connectivity index (χ1n) is 8.94. The van der Waals surface area contributed by atoms with Gasteiger partial charge >= 0.3 is 7.12 Å². The first-order valence-corrected chi connectivity index (χ1v) is 10.4. The molecule has 1 aliphatic heterocycles. The normalized spacial score (nSPS) is 18.1. The zero-order valence-corrected chi connectivity index (χ0v) is 17.8. The molecular formula is C19H25BN2O5S. The van der Waals surface area contributed by atoms with E-state index in [9.17, 15) is 8.42 Å². The van der Waals surface area contributed by atoms with Gasteiger partial charge in [0.05, 0.1) is 18.3 Å². The number of aromatic nitrogens is 1. The maximum Gasteiger partial charge on any atom is 0.496 e. The molecule has 1 fully saturated rings. The molecule has 1 aliphatic rings. The van der Waals surface area contributed by atoms with Crippen molar-refractivity contribution in [2.75, 3.05) is 11.8 Å². The Morgan fingerprint density at radius 2 is 1.75 bits per heavy atom. The fourth-order valence-electron chi connectivity index (χ4n) is 2.82. The minimum Gasteiger partial charge on any atom is -0.480 e. The van der Waals surface area contributed by atoms with Crippen LogP contribution in [0.15, 0.2) is 41.4 Å². The summed E-state index contributed by atoms with van der Waals surface area (Å²) in [6.07, 6.45) is 1.51. The van der Waals surface area contributed by atoms with Gasteiger partial charge in [-0.3, -0.25) is 4.72 Å². The van der Waals surface area contributed by atoms with Gasteiger partial charge in [0.25, 0.3) is 10.0 Å². The third kappa shape index (κ3) is 3.87. The molecule has 0 bridgehead atoms. The second-order valence-corrected chi connectivity index (χ2v) is 9.49. The zero-order chi connectivity index (χ0) is 20.7. The van der Waals surface area contributed by atoms with Crippen molar-refractivity contribution in [3.05, 3.63) is 42.1 Å². The standard InChI is InChI=1S/C19H25BN2O5S/c1-13-8-7-9-15(10-13)22-28(23,24)16-11-14(12-21-17(16)25-6)20-26-18(2,3)19(4,5)27-20/h7-12,22H,1-6H3. The number of hydrogen-bond acceptors (Lipinski definition) is 6. The van der Waals surface area contributed by atoms with E-state index in [2.05, 4.69) is 9.71 Å². The number of ether oxygens (including phenoxy) is 1. The molecule has 1 aromatic heterocycles. The Balaban J connectivity index is 1.98. The molecule has 0 aliphatic carbocycles. The van der Waals surface area contributed by atoms with Crippen molar-refractivity contribution in [1.29, 1.82) is 0 Å². The number of methoxy groups -OCH3 is 1. The second kappa shape index (κ2) is 7.06. The van der Waals surface area contributed by atoms with Crippen LogP contribution in [0.25, 0.3) is 0 Å². The van der Waals surface area contributed by atoms with Gasteiger partial charge in [0.2, 0.25) is 5.88 Å². The summed E-state index contributed by atoms with van der Waals surface area (Å²) in [5.41, 5.74) is 0.816. The van der Waals surface area contributed by atoms with Crippen LogP contribution in [0.1, 0.15) is 33.3 Å². The van der Waals surface area contributed by atoms with Gasteiger partial charge < -0.3 is 14.0 Å². The monoisotopic (exact) mass is 404 g/mol. The summed E-state index contributed by atoms with van der Waals surface area (Å²) in [5.74, 6) is 0.000389. The summed E-state index contributed by atoms with van der Waals surface area (Å²) >= 11 is 0. The lowest BCUT2D eigenvalue weighted by Crippen LogP contribution is -2.41. The Kier molecular flexibility index (Phi) is 5.20. The van der Waals surface area contributed by atoms with Crippen LogP contribution in [0.2, 0.25) is 0 Å². The van der Waals surface area contributed by atoms with E-state index >= 15 is 0 Å². The number of pyridine rings is 1. The van der Waals surface area contributed by atoms with E-state index < -0.39 is 28.3 Å². The molecule has 7 nitrogen and oxygen atoms in total. The Hall–Kier alpha value is -2.10. The summed E-state index contributed by atoms with van der Waals surface area (Å²) in [6, 6.07) is 8.58. The first-order chi connectivity index (χ1) is 12.9. The van der Waals surface area contributed by atoms with E-state index in [-0.39, 0.29) is 10.8 Å². The third-order valence-electron chi connectivity index (χ3n) is 5.12. The van der Waals surface area contributed by atoms with Crippen LogP contribution in [-0.2, 0) is 19.3 Å². The Morgan fingerprint density at radius 1 is 1.11 bits per heavy atom. The molecule has 0 amide bonds. The van der Waals surface area contributed by atoms with Gasteiger partial charge in [-0.2, -0.15) is 0 Å². The van der Waals surface area contributed by atoms with Crippen LogP contribution in [-0.4, -0.2) is 38.8 Å². The van der Waals surface area contributed by atoms with E-state index in [4.69, 9.17) is 14.0 Å². The zero-order valence-electron chi connectivity index (χ0n) is 16.9. The average molecular weight is 404 g/mol. The smallest absolute Gasteiger partial charge is 0.480 e. The number of aryl methyl sites for hydroxylation is 1. The number of sulfonamides is 1. The number of nitrogens with one attached hydrogen (secondary N) is 1. The lowest BCUT2D eigenvalue weighted by atomic mass is 9.80. The summed E-state index contributed by atoms with van der Waals surface area (Å²) in [5, 5.41) is 0. The van der Waals surface area contributed by atoms with Crippen molar-refractivity contribution in [3.63, 3.8) is 0 Å². The maximum atomic E-state index is 13.0. The molecule has 0 radical (unpaired) electrons. The van der Waals surface area contributed by atoms with Crippen molar-refractivity contribution >= 4 is 28.3 Å². The Morgan fingerprint density at radius 3 is 2.32 bits per heavy atom. The highest BCUT2D eigenvalue weighted by Gasteiger charge is 2.52. The number of nitrogens with zero attached hydrogens (tertiary/aromatic N) is 1. The van der Waals surface area contributed by atoms with Crippen LogP contribution < -0.4 is 14.9 Å². The maximum absolute atomic E-state index is 13.0. The Labute approximate surface area is 166 Å². The molecule has 2 aromatic rings. The molecule has 0 atom stereocenters. The molecule has 3 rings (SSSR count). The van der Waals surface area contributed by atoms with Crippen molar-refractivity contribution in [3.8, 4) is 5.88 Å². The van der Waals surface area contributed by atoms with Crippen LogP contribution in [0.5, 0.6) is 5.88 Å². The van der Waals surface area contributed by atoms with E-state index in [1.54, 1.807) is 18.2 Å². The molecule has 1 N–H and O–H groups in total. The minimum absolute atomic E-state index is 0.000389. The van der Waals surface area contributed by atoms with E-state index in [1.165, 1.54) is 19.4 Å². The lowest BCUT2D eigenvalue weighted by Gasteiger charge is -2.32. The molecular weight excluding hydrogens is 379 g/mol. The minimum atomic E-state index is -3.93. The lowest BCUT2D eigenvalue weighted by molar-refractivity contribution is 0.00578. The van der Waals surface area contributed by atoms with E-state index in [0.717, 1.165) is 5.56 Å². The van der Waals surface area contributed by atoms with Gasteiger partial charge in [0.1, 0.15) is 4.90 Å². The Bertz CT molecular complexity index is 976. The first kappa shape index (κ1) is 20.6. The van der Waals surface area contributed by atoms with Gasteiger partial charge in [-0.25, -0.2) is 13.4 Å². The molecule has 0 saturated carbocycles. The highest BCUT2D eigenvalue weighted by atomic mass is 32.2. The van der Waals surface area contributed by atoms with Crippen LogP contribution in [0.3, 0.4) is 0 Å². The predicted octanol–water partition coefficient (Wildman–Crippen LogP) is 2.50. The third-order valence-corrected chi connectivity index (χ3v) is 6.49. The van der Waals surface area contributed by atoms with Crippen LogP contribution >= 0.6 is 0 Å². The van der Waals surface area contributed by atoms with Crippen molar-refractivity contribution < 1.29 is 22.5 Å². The SMILES string of the molecule is COc1ncc(B2OC(C)(C)C(C)(C)O2)cc1S(=O)(=O)Nc1cccc(C)c1. The molecule has 1 aromatic carbocycles. The second-order valence-electron chi connectivity index (χ2n) is 7.84. The van der Waals surface area contributed by atoms with Crippen molar-refractivity contribution in [2.24, 2.45) is 0 Å². The molecule has 9 heteroatoms. The van der Waals surface area contributed by atoms with Gasteiger partial charge in [-0.1, -0.05) is 12.1 Å². The highest BCUT2D eigenvalue weighted by molar-refractivity contribution is 7.92. The number of benzene rings is 1.